The highest BCUT2D eigenvalue weighted by Crippen LogP contribution is 2.31. The average Bonchev–Trinajstić information content (AvgIpc) is 2.68. The van der Waals surface area contributed by atoms with Crippen molar-refractivity contribution in [1.29, 1.82) is 0 Å². The van der Waals surface area contributed by atoms with Crippen LogP contribution in [0.4, 0.5) is 8.78 Å². The van der Waals surface area contributed by atoms with Gasteiger partial charge in [-0.1, -0.05) is 0 Å². The third-order valence-electron chi connectivity index (χ3n) is 3.69. The van der Waals surface area contributed by atoms with Gasteiger partial charge in [0.2, 0.25) is 17.6 Å². The second-order valence-electron chi connectivity index (χ2n) is 5.62. The highest BCUT2D eigenvalue weighted by atomic mass is 19.3. The van der Waals surface area contributed by atoms with Crippen LogP contribution in [0.15, 0.2) is 43.0 Å². The molecule has 0 radical (unpaired) electrons. The average molecular weight is 387 g/mol. The molecule has 3 heterocycles. The standard InChI is InChI=1S/C18H15F2N5O3/c1-27-17-13(12-2-3-22-14(6-12)28-18(19)20)5-10(7-25-17)4-11-8-23-16(15(21)26)24-9-11/h2-3,5-9,18H,4H2,1H3,(H2,21,26). The number of carbonyl (C=O) groups is 1. The Morgan fingerprint density at radius 1 is 1.11 bits per heavy atom. The quantitative estimate of drug-likeness (QED) is 0.661. The van der Waals surface area contributed by atoms with Crippen LogP contribution in [0.25, 0.3) is 11.1 Å². The number of halogens is 2. The summed E-state index contributed by atoms with van der Waals surface area (Å²) in [6.45, 7) is -2.97. The summed E-state index contributed by atoms with van der Waals surface area (Å²) in [4.78, 5) is 26.9. The van der Waals surface area contributed by atoms with E-state index in [1.54, 1.807) is 18.3 Å². The predicted octanol–water partition coefficient (Wildman–Crippen LogP) is 2.23. The van der Waals surface area contributed by atoms with Crippen LogP contribution in [0.1, 0.15) is 21.7 Å². The number of primary amides is 1. The number of hydrogen-bond donors (Lipinski definition) is 1. The van der Waals surface area contributed by atoms with Crippen LogP contribution in [0, 0.1) is 0 Å². The molecule has 0 aromatic carbocycles. The Labute approximate surface area is 158 Å². The van der Waals surface area contributed by atoms with Gasteiger partial charge in [0.25, 0.3) is 5.91 Å². The van der Waals surface area contributed by atoms with E-state index >= 15 is 0 Å². The molecule has 0 saturated heterocycles. The maximum absolute atomic E-state index is 12.4. The van der Waals surface area contributed by atoms with Gasteiger partial charge in [-0.2, -0.15) is 8.78 Å². The molecule has 2 N–H and O–H groups in total. The first kappa shape index (κ1) is 19.1. The molecule has 0 fully saturated rings. The molecule has 28 heavy (non-hydrogen) atoms. The number of pyridine rings is 2. The third-order valence-corrected chi connectivity index (χ3v) is 3.69. The Bertz CT molecular complexity index is 983. The van der Waals surface area contributed by atoms with Crippen LogP contribution in [-0.2, 0) is 6.42 Å². The van der Waals surface area contributed by atoms with Crippen molar-refractivity contribution in [2.45, 2.75) is 13.0 Å². The zero-order chi connectivity index (χ0) is 20.1. The van der Waals surface area contributed by atoms with Gasteiger partial charge < -0.3 is 15.2 Å². The van der Waals surface area contributed by atoms with Crippen LogP contribution in [0.3, 0.4) is 0 Å². The molecular formula is C18H15F2N5O3. The van der Waals surface area contributed by atoms with E-state index < -0.39 is 12.5 Å². The molecule has 3 aromatic heterocycles. The molecule has 8 nitrogen and oxygen atoms in total. The molecule has 144 valence electrons. The van der Waals surface area contributed by atoms with Crippen molar-refractivity contribution in [3.05, 3.63) is 59.9 Å². The summed E-state index contributed by atoms with van der Waals surface area (Å²) in [5.41, 5.74) is 7.78. The van der Waals surface area contributed by atoms with E-state index in [-0.39, 0.29) is 11.7 Å². The maximum Gasteiger partial charge on any atom is 0.388 e. The zero-order valence-electron chi connectivity index (χ0n) is 14.7. The first-order valence-electron chi connectivity index (χ1n) is 8.01. The largest absolute Gasteiger partial charge is 0.481 e. The van der Waals surface area contributed by atoms with Gasteiger partial charge in [0.1, 0.15) is 0 Å². The molecular weight excluding hydrogens is 372 g/mol. The fourth-order valence-corrected chi connectivity index (χ4v) is 2.50. The Balaban J connectivity index is 1.91. The van der Waals surface area contributed by atoms with Crippen molar-refractivity contribution >= 4 is 5.91 Å². The van der Waals surface area contributed by atoms with Gasteiger partial charge in [0.05, 0.1) is 7.11 Å². The van der Waals surface area contributed by atoms with E-state index in [4.69, 9.17) is 10.5 Å². The van der Waals surface area contributed by atoms with Crippen LogP contribution in [0.2, 0.25) is 0 Å². The monoisotopic (exact) mass is 387 g/mol. The van der Waals surface area contributed by atoms with Gasteiger partial charge in [0, 0.05) is 42.8 Å². The zero-order valence-corrected chi connectivity index (χ0v) is 14.7. The van der Waals surface area contributed by atoms with Crippen molar-refractivity contribution < 1.29 is 23.0 Å². The Morgan fingerprint density at radius 3 is 2.46 bits per heavy atom. The van der Waals surface area contributed by atoms with Crippen molar-refractivity contribution in [1.82, 2.24) is 19.9 Å². The highest BCUT2D eigenvalue weighted by molar-refractivity contribution is 5.88. The number of rotatable bonds is 7. The van der Waals surface area contributed by atoms with Gasteiger partial charge in [-0.15, -0.1) is 0 Å². The number of ether oxygens (including phenoxy) is 2. The minimum atomic E-state index is -2.97. The summed E-state index contributed by atoms with van der Waals surface area (Å²) >= 11 is 0. The molecule has 0 aliphatic rings. The van der Waals surface area contributed by atoms with Crippen molar-refractivity contribution in [2.75, 3.05) is 7.11 Å². The number of amides is 1. The number of hydrogen-bond acceptors (Lipinski definition) is 7. The number of carbonyl (C=O) groups excluding carboxylic acids is 1. The minimum absolute atomic E-state index is 0.0689. The number of nitrogens with zero attached hydrogens (tertiary/aromatic N) is 4. The predicted molar refractivity (Wildman–Crippen MR) is 94.0 cm³/mol. The molecule has 0 saturated carbocycles. The summed E-state index contributed by atoms with van der Waals surface area (Å²) in [5.74, 6) is -0.672. The highest BCUT2D eigenvalue weighted by Gasteiger charge is 2.13. The smallest absolute Gasteiger partial charge is 0.388 e. The molecule has 0 atom stereocenters. The van der Waals surface area contributed by atoms with E-state index in [9.17, 15) is 13.6 Å². The normalized spacial score (nSPS) is 10.7. The van der Waals surface area contributed by atoms with Gasteiger partial charge in [0.15, 0.2) is 0 Å². The molecule has 0 aliphatic carbocycles. The molecule has 10 heteroatoms. The van der Waals surface area contributed by atoms with Crippen molar-refractivity contribution in [3.8, 4) is 22.9 Å². The number of alkyl halides is 2. The lowest BCUT2D eigenvalue weighted by Crippen LogP contribution is -2.15. The topological polar surface area (TPSA) is 113 Å². The van der Waals surface area contributed by atoms with E-state index in [0.29, 0.717) is 23.4 Å². The van der Waals surface area contributed by atoms with Crippen LogP contribution >= 0.6 is 0 Å². The van der Waals surface area contributed by atoms with E-state index in [1.807, 2.05) is 0 Å². The van der Waals surface area contributed by atoms with Crippen LogP contribution in [0.5, 0.6) is 11.8 Å². The number of nitrogens with two attached hydrogens (primary N) is 1. The lowest BCUT2D eigenvalue weighted by atomic mass is 10.0. The van der Waals surface area contributed by atoms with Gasteiger partial charge in [-0.3, -0.25) is 4.79 Å². The summed E-state index contributed by atoms with van der Waals surface area (Å²) in [6.07, 6.45) is 6.39. The van der Waals surface area contributed by atoms with Crippen LogP contribution < -0.4 is 15.2 Å². The number of methoxy groups -OCH3 is 1. The molecule has 0 aliphatic heterocycles. The molecule has 1 amide bonds. The first-order chi connectivity index (χ1) is 13.5. The van der Waals surface area contributed by atoms with Crippen molar-refractivity contribution in [3.63, 3.8) is 0 Å². The van der Waals surface area contributed by atoms with Gasteiger partial charge >= 0.3 is 6.61 Å². The fourth-order valence-electron chi connectivity index (χ4n) is 2.50. The van der Waals surface area contributed by atoms with Gasteiger partial charge in [-0.05, 0) is 28.8 Å². The van der Waals surface area contributed by atoms with E-state index in [0.717, 1.165) is 11.1 Å². The Morgan fingerprint density at radius 2 is 1.82 bits per heavy atom. The molecule has 0 spiro atoms. The summed E-state index contributed by atoms with van der Waals surface area (Å²) in [7, 11) is 1.46. The number of aromatic nitrogens is 4. The summed E-state index contributed by atoms with van der Waals surface area (Å²) in [5, 5.41) is 0. The van der Waals surface area contributed by atoms with Crippen molar-refractivity contribution in [2.24, 2.45) is 5.73 Å². The van der Waals surface area contributed by atoms with E-state index in [2.05, 4.69) is 24.7 Å². The van der Waals surface area contributed by atoms with E-state index in [1.165, 1.54) is 31.8 Å². The first-order valence-corrected chi connectivity index (χ1v) is 8.01. The second-order valence-corrected chi connectivity index (χ2v) is 5.62. The molecule has 3 rings (SSSR count). The Kier molecular flexibility index (Phi) is 5.68. The second kappa shape index (κ2) is 8.33. The lowest BCUT2D eigenvalue weighted by Gasteiger charge is -2.11. The molecule has 0 unspecified atom stereocenters. The molecule has 0 bridgehead atoms. The minimum Gasteiger partial charge on any atom is -0.481 e. The fraction of sp³-hybridized carbons (Fsp3) is 0.167. The molecule has 3 aromatic rings. The summed E-state index contributed by atoms with van der Waals surface area (Å²) in [6, 6.07) is 4.81. The Hall–Kier alpha value is -3.69. The SMILES string of the molecule is COc1ncc(Cc2cnc(C(N)=O)nc2)cc1-c1ccnc(OC(F)F)c1. The van der Waals surface area contributed by atoms with Gasteiger partial charge in [-0.25, -0.2) is 19.9 Å². The van der Waals surface area contributed by atoms with Crippen LogP contribution in [-0.4, -0.2) is 39.6 Å². The summed E-state index contributed by atoms with van der Waals surface area (Å²) < 4.78 is 34.5. The lowest BCUT2D eigenvalue weighted by molar-refractivity contribution is -0.0528. The maximum atomic E-state index is 12.4. The third kappa shape index (κ3) is 4.53.